The first kappa shape index (κ1) is 18.4. The first-order valence-electron chi connectivity index (χ1n) is 8.77. The molecule has 1 saturated heterocycles. The lowest BCUT2D eigenvalue weighted by atomic mass is 10.1. The second kappa shape index (κ2) is 8.33. The van der Waals surface area contributed by atoms with Gasteiger partial charge in [-0.1, -0.05) is 18.2 Å². The van der Waals surface area contributed by atoms with Crippen molar-refractivity contribution in [1.29, 1.82) is 0 Å². The summed E-state index contributed by atoms with van der Waals surface area (Å²) in [5, 5.41) is 0.806. The van der Waals surface area contributed by atoms with Crippen molar-refractivity contribution in [3.05, 3.63) is 35.6 Å². The van der Waals surface area contributed by atoms with Crippen molar-refractivity contribution in [2.75, 3.05) is 32.9 Å². The summed E-state index contributed by atoms with van der Waals surface area (Å²) in [7, 11) is 0. The van der Waals surface area contributed by atoms with Crippen LogP contribution in [0.1, 0.15) is 30.0 Å². The molecule has 0 aliphatic carbocycles. The third kappa shape index (κ3) is 3.89. The number of benzene rings is 1. The van der Waals surface area contributed by atoms with Crippen molar-refractivity contribution in [3.63, 3.8) is 0 Å². The van der Waals surface area contributed by atoms with E-state index in [4.69, 9.17) is 18.6 Å². The Labute approximate surface area is 151 Å². The van der Waals surface area contributed by atoms with Gasteiger partial charge < -0.3 is 23.5 Å². The minimum atomic E-state index is -0.895. The van der Waals surface area contributed by atoms with Gasteiger partial charge in [0.05, 0.1) is 19.8 Å². The summed E-state index contributed by atoms with van der Waals surface area (Å²) in [4.78, 5) is 26.7. The van der Waals surface area contributed by atoms with Gasteiger partial charge in [-0.15, -0.1) is 0 Å². The number of amides is 1. The summed E-state index contributed by atoms with van der Waals surface area (Å²) in [5.41, 5.74) is 1.22. The summed E-state index contributed by atoms with van der Waals surface area (Å²) in [5.74, 6) is -0.810. The van der Waals surface area contributed by atoms with Crippen LogP contribution < -0.4 is 0 Å². The van der Waals surface area contributed by atoms with Crippen molar-refractivity contribution in [2.24, 2.45) is 0 Å². The number of morpholine rings is 1. The quantitative estimate of drug-likeness (QED) is 0.735. The van der Waals surface area contributed by atoms with Crippen LogP contribution in [0.5, 0.6) is 0 Å². The molecule has 7 heteroatoms. The molecule has 0 N–H and O–H groups in total. The Hall–Kier alpha value is -2.38. The van der Waals surface area contributed by atoms with Crippen molar-refractivity contribution >= 4 is 22.8 Å². The maximum Gasteiger partial charge on any atom is 0.375 e. The van der Waals surface area contributed by atoms with Crippen LogP contribution in [0.3, 0.4) is 0 Å². The Morgan fingerprint density at radius 2 is 1.96 bits per heavy atom. The van der Waals surface area contributed by atoms with E-state index < -0.39 is 12.1 Å². The van der Waals surface area contributed by atoms with E-state index in [1.54, 1.807) is 17.9 Å². The zero-order valence-electron chi connectivity index (χ0n) is 15.0. The molecule has 1 fully saturated rings. The minimum Gasteiger partial charge on any atom is -0.449 e. The predicted molar refractivity (Wildman–Crippen MR) is 93.8 cm³/mol. The fourth-order valence-corrected chi connectivity index (χ4v) is 2.92. The molecular weight excluding hydrogens is 338 g/mol. The molecule has 1 amide bonds. The van der Waals surface area contributed by atoms with E-state index in [1.807, 2.05) is 25.1 Å². The zero-order valence-corrected chi connectivity index (χ0v) is 15.0. The second-order valence-electron chi connectivity index (χ2n) is 6.03. The van der Waals surface area contributed by atoms with Crippen LogP contribution in [0.25, 0.3) is 11.0 Å². The molecule has 1 aromatic carbocycles. The molecule has 0 saturated carbocycles. The molecule has 3 rings (SSSR count). The standard InChI is InChI=1S/C19H23NO6/c1-3-23-12-15-14-6-4-5-7-16(14)26-17(15)19(22)25-13(2)18(21)20-8-10-24-11-9-20/h4-7,13H,3,8-12H2,1-2H3. The van der Waals surface area contributed by atoms with Gasteiger partial charge in [0.1, 0.15) is 5.58 Å². The molecule has 1 unspecified atom stereocenters. The van der Waals surface area contributed by atoms with Crippen LogP contribution in [0.2, 0.25) is 0 Å². The summed E-state index contributed by atoms with van der Waals surface area (Å²) < 4.78 is 21.8. The lowest BCUT2D eigenvalue weighted by Gasteiger charge is -2.28. The largest absolute Gasteiger partial charge is 0.449 e. The molecular formula is C19H23NO6. The number of hydrogen-bond donors (Lipinski definition) is 0. The zero-order chi connectivity index (χ0) is 18.5. The van der Waals surface area contributed by atoms with Crippen LogP contribution in [0.15, 0.2) is 28.7 Å². The number of ether oxygens (including phenoxy) is 3. The van der Waals surface area contributed by atoms with E-state index in [-0.39, 0.29) is 18.3 Å². The van der Waals surface area contributed by atoms with Gasteiger partial charge in [-0.25, -0.2) is 4.79 Å². The number of carbonyl (C=O) groups is 2. The fourth-order valence-electron chi connectivity index (χ4n) is 2.92. The Morgan fingerprint density at radius 1 is 1.23 bits per heavy atom. The summed E-state index contributed by atoms with van der Waals surface area (Å²) in [6, 6.07) is 7.35. The highest BCUT2D eigenvalue weighted by Crippen LogP contribution is 2.27. The Kier molecular flexibility index (Phi) is 5.90. The molecule has 7 nitrogen and oxygen atoms in total. The number of furan rings is 1. The van der Waals surface area contributed by atoms with Crippen LogP contribution in [-0.4, -0.2) is 55.8 Å². The summed E-state index contributed by atoms with van der Waals surface area (Å²) in [6.45, 7) is 6.19. The number of para-hydroxylation sites is 1. The average molecular weight is 361 g/mol. The van der Waals surface area contributed by atoms with E-state index >= 15 is 0 Å². The first-order chi connectivity index (χ1) is 12.6. The summed E-state index contributed by atoms with van der Waals surface area (Å²) >= 11 is 0. The molecule has 0 spiro atoms. The van der Waals surface area contributed by atoms with Gasteiger partial charge in [0.25, 0.3) is 5.91 Å². The van der Waals surface area contributed by atoms with Crippen molar-refractivity contribution < 1.29 is 28.2 Å². The van der Waals surface area contributed by atoms with Crippen molar-refractivity contribution in [3.8, 4) is 0 Å². The van der Waals surface area contributed by atoms with Crippen LogP contribution >= 0.6 is 0 Å². The van der Waals surface area contributed by atoms with Gasteiger partial charge in [0, 0.05) is 30.6 Å². The van der Waals surface area contributed by atoms with Crippen molar-refractivity contribution in [2.45, 2.75) is 26.6 Å². The van der Waals surface area contributed by atoms with Gasteiger partial charge in [-0.05, 0) is 19.9 Å². The Morgan fingerprint density at radius 3 is 2.69 bits per heavy atom. The molecule has 2 heterocycles. The molecule has 1 aromatic heterocycles. The number of carbonyl (C=O) groups excluding carboxylic acids is 2. The van der Waals surface area contributed by atoms with Crippen LogP contribution in [0, 0.1) is 0 Å². The second-order valence-corrected chi connectivity index (χ2v) is 6.03. The van der Waals surface area contributed by atoms with E-state index in [0.29, 0.717) is 44.1 Å². The highest BCUT2D eigenvalue weighted by atomic mass is 16.6. The molecule has 0 bridgehead atoms. The number of nitrogens with zero attached hydrogens (tertiary/aromatic N) is 1. The number of rotatable bonds is 6. The topological polar surface area (TPSA) is 78.2 Å². The minimum absolute atomic E-state index is 0.0845. The van der Waals surface area contributed by atoms with Crippen LogP contribution in [0.4, 0.5) is 0 Å². The highest BCUT2D eigenvalue weighted by molar-refractivity contribution is 5.97. The monoisotopic (exact) mass is 361 g/mol. The van der Waals surface area contributed by atoms with Crippen molar-refractivity contribution in [1.82, 2.24) is 4.90 Å². The number of fused-ring (bicyclic) bond motifs is 1. The molecule has 26 heavy (non-hydrogen) atoms. The van der Waals surface area contributed by atoms with Gasteiger partial charge in [0.2, 0.25) is 5.76 Å². The molecule has 1 atom stereocenters. The van der Waals surface area contributed by atoms with Gasteiger partial charge in [-0.3, -0.25) is 4.79 Å². The van der Waals surface area contributed by atoms with Gasteiger partial charge in [0.15, 0.2) is 6.10 Å². The molecule has 0 radical (unpaired) electrons. The lowest BCUT2D eigenvalue weighted by Crippen LogP contribution is -2.46. The Balaban J connectivity index is 1.77. The SMILES string of the molecule is CCOCc1c(C(=O)OC(C)C(=O)N2CCOCC2)oc2ccccc12. The highest BCUT2D eigenvalue weighted by Gasteiger charge is 2.29. The normalized spacial score (nSPS) is 15.8. The Bertz CT molecular complexity index is 777. The first-order valence-corrected chi connectivity index (χ1v) is 8.77. The predicted octanol–water partition coefficient (Wildman–Crippen LogP) is 2.37. The maximum absolute atomic E-state index is 12.6. The molecule has 140 valence electrons. The third-order valence-corrected chi connectivity index (χ3v) is 4.29. The molecule has 2 aromatic rings. The number of hydrogen-bond acceptors (Lipinski definition) is 6. The smallest absolute Gasteiger partial charge is 0.375 e. The molecule has 1 aliphatic heterocycles. The average Bonchev–Trinajstić information content (AvgIpc) is 3.05. The fraction of sp³-hybridized carbons (Fsp3) is 0.474. The third-order valence-electron chi connectivity index (χ3n) is 4.29. The number of esters is 1. The van der Waals surface area contributed by atoms with Gasteiger partial charge >= 0.3 is 5.97 Å². The van der Waals surface area contributed by atoms with E-state index in [2.05, 4.69) is 0 Å². The van der Waals surface area contributed by atoms with E-state index in [0.717, 1.165) is 5.39 Å². The molecule has 1 aliphatic rings. The van der Waals surface area contributed by atoms with Crippen LogP contribution in [-0.2, 0) is 25.6 Å². The summed E-state index contributed by atoms with van der Waals surface area (Å²) in [6.07, 6.45) is -0.895. The maximum atomic E-state index is 12.6. The van der Waals surface area contributed by atoms with E-state index in [9.17, 15) is 9.59 Å². The lowest BCUT2D eigenvalue weighted by molar-refractivity contribution is -0.143. The van der Waals surface area contributed by atoms with Gasteiger partial charge in [-0.2, -0.15) is 0 Å². The van der Waals surface area contributed by atoms with E-state index in [1.165, 1.54) is 0 Å².